The second-order valence-electron chi connectivity index (χ2n) is 4.17. The number of hydrogen-bond donors (Lipinski definition) is 0. The van der Waals surface area contributed by atoms with Gasteiger partial charge in [0.25, 0.3) is 0 Å². The monoisotopic (exact) mass is 356 g/mol. The van der Waals surface area contributed by atoms with E-state index in [2.05, 4.69) is 57.0 Å². The van der Waals surface area contributed by atoms with Gasteiger partial charge in [-0.2, -0.15) is 0 Å². The molecule has 0 fully saturated rings. The molecule has 0 radical (unpaired) electrons. The van der Waals surface area contributed by atoms with Crippen LogP contribution in [0.2, 0.25) is 0 Å². The second-order valence-corrected chi connectivity index (χ2v) is 5.61. The lowest BCUT2D eigenvalue weighted by Gasteiger charge is -2.13. The first-order chi connectivity index (χ1) is 8.22. The van der Waals surface area contributed by atoms with E-state index in [-0.39, 0.29) is 0 Å². The van der Waals surface area contributed by atoms with Crippen LogP contribution < -0.4 is 4.74 Å². The summed E-state index contributed by atoms with van der Waals surface area (Å²) in [5.74, 6) is 1.42. The van der Waals surface area contributed by atoms with Gasteiger partial charge >= 0.3 is 0 Å². The number of benzene rings is 2. The van der Waals surface area contributed by atoms with Gasteiger partial charge in [-0.3, -0.25) is 0 Å². The van der Waals surface area contributed by atoms with E-state index in [4.69, 9.17) is 4.74 Å². The highest BCUT2D eigenvalue weighted by Crippen LogP contribution is 2.33. The normalized spacial score (nSPS) is 12.6. The quantitative estimate of drug-likeness (QED) is 0.698. The average molecular weight is 358 g/mol. The molecule has 0 aromatic heterocycles. The predicted octanol–water partition coefficient (Wildman–Crippen LogP) is 5.01. The van der Waals surface area contributed by atoms with Crippen LogP contribution in [0.3, 0.4) is 0 Å². The second kappa shape index (κ2) is 5.87. The Morgan fingerprint density at radius 2 is 1.94 bits per heavy atom. The van der Waals surface area contributed by atoms with Gasteiger partial charge in [-0.05, 0) is 38.7 Å². The van der Waals surface area contributed by atoms with E-state index in [1.54, 1.807) is 0 Å². The Kier molecular flexibility index (Phi) is 4.46. The van der Waals surface area contributed by atoms with Crippen LogP contribution in [-0.2, 0) is 0 Å². The predicted molar refractivity (Wildman–Crippen MR) is 80.1 cm³/mol. The third-order valence-electron chi connectivity index (χ3n) is 2.61. The number of fused-ring (bicyclic) bond motifs is 1. The number of ether oxygens (including phenoxy) is 1. The highest BCUT2D eigenvalue weighted by atomic mass is 79.9. The Balaban J connectivity index is 2.26. The van der Waals surface area contributed by atoms with Gasteiger partial charge < -0.3 is 4.74 Å². The molecule has 1 unspecified atom stereocenters. The maximum Gasteiger partial charge on any atom is 0.134 e. The van der Waals surface area contributed by atoms with Crippen LogP contribution in [0.4, 0.5) is 0 Å². The molecule has 0 aliphatic rings. The summed E-state index contributed by atoms with van der Waals surface area (Å²) in [5, 5.41) is 3.37. The van der Waals surface area contributed by atoms with E-state index in [1.807, 2.05) is 18.2 Å². The average Bonchev–Trinajstić information content (AvgIpc) is 2.38. The maximum atomic E-state index is 5.82. The summed E-state index contributed by atoms with van der Waals surface area (Å²) in [6.07, 6.45) is 0. The summed E-state index contributed by atoms with van der Waals surface area (Å²) < 4.78 is 6.86. The third-order valence-corrected chi connectivity index (χ3v) is 4.54. The summed E-state index contributed by atoms with van der Waals surface area (Å²) in [7, 11) is 0. The minimum atomic E-state index is 0.508. The highest BCUT2D eigenvalue weighted by molar-refractivity contribution is 9.10. The SMILES string of the molecule is CC(CBr)COc1ccc2ccccc2c1Br. The Hall–Kier alpha value is -0.540. The smallest absolute Gasteiger partial charge is 0.134 e. The molecule has 2 rings (SSSR count). The summed E-state index contributed by atoms with van der Waals surface area (Å²) in [5.41, 5.74) is 0. The van der Waals surface area contributed by atoms with Crippen LogP contribution in [0.5, 0.6) is 5.75 Å². The molecule has 0 saturated heterocycles. The summed E-state index contributed by atoms with van der Waals surface area (Å²) in [4.78, 5) is 0. The van der Waals surface area contributed by atoms with Crippen molar-refractivity contribution in [3.63, 3.8) is 0 Å². The van der Waals surface area contributed by atoms with Crippen molar-refractivity contribution in [3.8, 4) is 5.75 Å². The van der Waals surface area contributed by atoms with Gasteiger partial charge in [0.15, 0.2) is 0 Å². The zero-order chi connectivity index (χ0) is 12.3. The maximum absolute atomic E-state index is 5.82. The van der Waals surface area contributed by atoms with Crippen molar-refractivity contribution in [2.45, 2.75) is 6.92 Å². The summed E-state index contributed by atoms with van der Waals surface area (Å²) >= 11 is 7.07. The zero-order valence-electron chi connectivity index (χ0n) is 9.62. The molecule has 3 heteroatoms. The van der Waals surface area contributed by atoms with Crippen LogP contribution in [0, 0.1) is 5.92 Å². The minimum absolute atomic E-state index is 0.508. The molecule has 0 bridgehead atoms. The molecule has 2 aromatic carbocycles. The molecule has 1 nitrogen and oxygen atoms in total. The lowest BCUT2D eigenvalue weighted by atomic mass is 10.1. The van der Waals surface area contributed by atoms with Crippen LogP contribution in [-0.4, -0.2) is 11.9 Å². The van der Waals surface area contributed by atoms with Gasteiger partial charge in [0.2, 0.25) is 0 Å². The zero-order valence-corrected chi connectivity index (χ0v) is 12.8. The molecular formula is C14H14Br2O. The Bertz CT molecular complexity index is 511. The van der Waals surface area contributed by atoms with Crippen molar-refractivity contribution >= 4 is 42.6 Å². The van der Waals surface area contributed by atoms with Gasteiger partial charge in [-0.15, -0.1) is 0 Å². The first kappa shape index (κ1) is 12.9. The Morgan fingerprint density at radius 1 is 1.18 bits per heavy atom. The number of alkyl halides is 1. The Labute approximate surface area is 118 Å². The topological polar surface area (TPSA) is 9.23 Å². The van der Waals surface area contributed by atoms with Gasteiger partial charge in [-0.1, -0.05) is 53.2 Å². The third kappa shape index (κ3) is 3.02. The molecule has 0 amide bonds. The molecule has 2 aromatic rings. The number of hydrogen-bond acceptors (Lipinski definition) is 1. The minimum Gasteiger partial charge on any atom is -0.492 e. The molecular weight excluding hydrogens is 344 g/mol. The van der Waals surface area contributed by atoms with E-state index >= 15 is 0 Å². The van der Waals surface area contributed by atoms with Gasteiger partial charge in [0.05, 0.1) is 11.1 Å². The van der Waals surface area contributed by atoms with E-state index in [0.717, 1.165) is 22.2 Å². The highest BCUT2D eigenvalue weighted by Gasteiger charge is 2.07. The number of rotatable bonds is 4. The van der Waals surface area contributed by atoms with Crippen LogP contribution >= 0.6 is 31.9 Å². The van der Waals surface area contributed by atoms with Crippen LogP contribution in [0.15, 0.2) is 40.9 Å². The van der Waals surface area contributed by atoms with Crippen molar-refractivity contribution < 1.29 is 4.74 Å². The molecule has 0 aliphatic carbocycles. The Morgan fingerprint density at radius 3 is 2.71 bits per heavy atom. The lowest BCUT2D eigenvalue weighted by molar-refractivity contribution is 0.273. The first-order valence-corrected chi connectivity index (χ1v) is 7.50. The number of halogens is 2. The summed E-state index contributed by atoms with van der Waals surface area (Å²) in [6, 6.07) is 12.4. The molecule has 0 N–H and O–H groups in total. The fourth-order valence-corrected chi connectivity index (χ4v) is 2.40. The van der Waals surface area contributed by atoms with Crippen LogP contribution in [0.25, 0.3) is 10.8 Å². The molecule has 0 saturated carbocycles. The van der Waals surface area contributed by atoms with Gasteiger partial charge in [0.1, 0.15) is 5.75 Å². The van der Waals surface area contributed by atoms with Gasteiger partial charge in [-0.25, -0.2) is 0 Å². The molecule has 1 atom stereocenters. The molecule has 0 spiro atoms. The fraction of sp³-hybridized carbons (Fsp3) is 0.286. The van der Waals surface area contributed by atoms with Crippen molar-refractivity contribution in [2.24, 2.45) is 5.92 Å². The lowest BCUT2D eigenvalue weighted by Crippen LogP contribution is -2.09. The molecule has 90 valence electrons. The molecule has 17 heavy (non-hydrogen) atoms. The van der Waals surface area contributed by atoms with Crippen molar-refractivity contribution in [1.29, 1.82) is 0 Å². The van der Waals surface area contributed by atoms with E-state index in [9.17, 15) is 0 Å². The van der Waals surface area contributed by atoms with Crippen molar-refractivity contribution in [3.05, 3.63) is 40.9 Å². The standard InChI is InChI=1S/C14H14Br2O/c1-10(8-15)9-17-13-7-6-11-4-2-3-5-12(11)14(13)16/h2-7,10H,8-9H2,1H3. The van der Waals surface area contributed by atoms with E-state index in [1.165, 1.54) is 10.8 Å². The van der Waals surface area contributed by atoms with Crippen molar-refractivity contribution in [2.75, 3.05) is 11.9 Å². The van der Waals surface area contributed by atoms with E-state index in [0.29, 0.717) is 5.92 Å². The van der Waals surface area contributed by atoms with Crippen molar-refractivity contribution in [1.82, 2.24) is 0 Å². The van der Waals surface area contributed by atoms with Gasteiger partial charge in [0, 0.05) is 5.33 Å². The fourth-order valence-electron chi connectivity index (χ4n) is 1.60. The molecule has 0 heterocycles. The first-order valence-electron chi connectivity index (χ1n) is 5.58. The summed E-state index contributed by atoms with van der Waals surface area (Å²) in [6.45, 7) is 2.88. The van der Waals surface area contributed by atoms with E-state index < -0.39 is 0 Å². The largest absolute Gasteiger partial charge is 0.492 e. The molecule has 0 aliphatic heterocycles. The van der Waals surface area contributed by atoms with Crippen LogP contribution in [0.1, 0.15) is 6.92 Å².